The van der Waals surface area contributed by atoms with Crippen LogP contribution < -0.4 is 31.9 Å². The van der Waals surface area contributed by atoms with Gasteiger partial charge in [0.05, 0.1) is 36.9 Å². The van der Waals surface area contributed by atoms with E-state index in [9.17, 15) is 47.9 Å². The maximum atomic E-state index is 12.5. The van der Waals surface area contributed by atoms with E-state index >= 15 is 0 Å². The smallest absolute Gasteiger partial charge is 0.450 e. The Kier molecular flexibility index (Phi) is 38.0. The summed E-state index contributed by atoms with van der Waals surface area (Å²) in [5.41, 5.74) is 0. The minimum atomic E-state index is -0.777. The number of carbonyl (C=O) groups is 10. The van der Waals surface area contributed by atoms with E-state index in [1.165, 1.54) is 0 Å². The number of carbonyl (C=O) groups excluding carboxylic acids is 10. The SMILES string of the molecule is O=C(NCCCCCCO)OCCCCCCNC(=O)ON1C(=O)C2C3CCC(C3)C2C1=O.O=C(NCCCCCCO)ON1C(=O)C2C3CCC(C3)C2C1=O.[B]=NOC(=O)NCCCCCCOC(=O)NCCCCCCOC(=O)NCCCCCCO. The van der Waals surface area contributed by atoms with E-state index in [4.69, 9.17) is 46.8 Å². The van der Waals surface area contributed by atoms with Crippen LogP contribution in [-0.4, -0.2) is 172 Å². The quantitative estimate of drug-likeness (QED) is 0.00995. The molecule has 4 saturated carbocycles. The summed E-state index contributed by atoms with van der Waals surface area (Å²) in [6.07, 6.45) is 22.9. The third kappa shape index (κ3) is 28.1. The molecule has 89 heavy (non-hydrogen) atoms. The maximum absolute atomic E-state index is 12.5. The molecule has 2 heterocycles. The minimum Gasteiger partial charge on any atom is -0.450 e. The van der Waals surface area contributed by atoms with Crippen molar-refractivity contribution in [2.75, 3.05) is 78.9 Å². The van der Waals surface area contributed by atoms with Crippen LogP contribution in [0.15, 0.2) is 5.06 Å². The molecule has 28 nitrogen and oxygen atoms in total. The van der Waals surface area contributed by atoms with Gasteiger partial charge in [-0.2, -0.15) is 0 Å². The number of rotatable bonds is 42. The average Bonchev–Trinajstić information content (AvgIpc) is 1.64. The number of hydroxylamine groups is 4. The molecule has 6 rings (SSSR count). The first kappa shape index (κ1) is 75.1. The fourth-order valence-corrected chi connectivity index (χ4v) is 12.6. The van der Waals surface area contributed by atoms with Crippen LogP contribution in [0.1, 0.15) is 193 Å². The zero-order valence-electron chi connectivity index (χ0n) is 52.1. The summed E-state index contributed by atoms with van der Waals surface area (Å²) < 4.78 is 15.3. The van der Waals surface area contributed by atoms with Gasteiger partial charge in [0.15, 0.2) is 0 Å². The summed E-state index contributed by atoms with van der Waals surface area (Å²) in [5.74, 6) is -1.48. The number of imide groups is 2. The number of alkyl carbamates (subject to hydrolysis) is 3. The molecule has 503 valence electrons. The summed E-state index contributed by atoms with van der Waals surface area (Å²) in [6.45, 7) is 4.68. The van der Waals surface area contributed by atoms with Crippen molar-refractivity contribution in [1.29, 1.82) is 0 Å². The van der Waals surface area contributed by atoms with Crippen LogP contribution in [0, 0.1) is 47.3 Å². The van der Waals surface area contributed by atoms with Crippen LogP contribution in [0.3, 0.4) is 0 Å². The van der Waals surface area contributed by atoms with Crippen LogP contribution in [0.25, 0.3) is 0 Å². The Morgan fingerprint density at radius 2 is 0.596 bits per heavy atom. The van der Waals surface area contributed by atoms with Crippen LogP contribution in [0.5, 0.6) is 0 Å². The van der Waals surface area contributed by atoms with Gasteiger partial charge in [-0.25, -0.2) is 24.0 Å². The first-order chi connectivity index (χ1) is 43.3. The molecule has 6 aliphatic rings. The number of ether oxygens (including phenoxy) is 3. The molecule has 6 fully saturated rings. The number of hydrogen-bond donors (Lipinski definition) is 9. The van der Waals surface area contributed by atoms with E-state index in [1.54, 1.807) is 0 Å². The van der Waals surface area contributed by atoms with E-state index in [0.717, 1.165) is 186 Å². The van der Waals surface area contributed by atoms with Crippen molar-refractivity contribution in [2.45, 2.75) is 193 Å². The number of nitrogens with one attached hydrogen (secondary N) is 6. The van der Waals surface area contributed by atoms with Gasteiger partial charge in [-0.3, -0.25) is 19.2 Å². The van der Waals surface area contributed by atoms with Crippen molar-refractivity contribution < 1.29 is 92.0 Å². The van der Waals surface area contributed by atoms with E-state index in [2.05, 4.69) is 41.8 Å². The Morgan fingerprint density at radius 3 is 0.854 bits per heavy atom. The van der Waals surface area contributed by atoms with Crippen LogP contribution in [-0.2, 0) is 47.9 Å². The van der Waals surface area contributed by atoms with E-state index in [-0.39, 0.29) is 96.9 Å². The first-order valence-electron chi connectivity index (χ1n) is 32.8. The van der Waals surface area contributed by atoms with E-state index in [1.807, 2.05) is 0 Å². The molecule has 0 aromatic rings. The molecule has 4 aliphatic carbocycles. The number of nitrogens with zero attached hydrogens (tertiary/aromatic N) is 3. The van der Waals surface area contributed by atoms with Crippen molar-refractivity contribution in [1.82, 2.24) is 42.0 Å². The second-order valence-corrected chi connectivity index (χ2v) is 23.6. The third-order valence-electron chi connectivity index (χ3n) is 17.0. The molecule has 0 aromatic heterocycles. The molecule has 10 amide bonds. The van der Waals surface area contributed by atoms with Crippen molar-refractivity contribution in [2.24, 2.45) is 52.4 Å². The molecule has 0 aromatic carbocycles. The molecule has 4 bridgehead atoms. The van der Waals surface area contributed by atoms with Gasteiger partial charge in [-0.15, -0.1) is 10.1 Å². The molecule has 8 atom stereocenters. The van der Waals surface area contributed by atoms with E-state index < -0.39 is 30.5 Å². The second-order valence-electron chi connectivity index (χ2n) is 23.6. The molecular formula is C60H101BN9O19. The van der Waals surface area contributed by atoms with Gasteiger partial charge >= 0.3 is 108 Å². The summed E-state index contributed by atoms with van der Waals surface area (Å²) >= 11 is 0. The Labute approximate surface area is 524 Å². The van der Waals surface area contributed by atoms with Crippen molar-refractivity contribution in [3.05, 3.63) is 0 Å². The molecule has 2 aliphatic heterocycles. The molecule has 29 heteroatoms. The van der Waals surface area contributed by atoms with Crippen LogP contribution in [0.2, 0.25) is 0 Å². The minimum absolute atomic E-state index is 0.180. The number of aliphatic hydroxyl groups is 3. The predicted molar refractivity (Wildman–Crippen MR) is 321 cm³/mol. The fraction of sp³-hybridized carbons (Fsp3) is 0.833. The Hall–Kier alpha value is -6.36. The van der Waals surface area contributed by atoms with Gasteiger partial charge in [-0.1, -0.05) is 51.4 Å². The zero-order chi connectivity index (χ0) is 64.4. The molecule has 1 radical (unpaired) electrons. The van der Waals surface area contributed by atoms with Gasteiger partial charge in [0.25, 0.3) is 23.6 Å². The first-order valence-corrected chi connectivity index (χ1v) is 32.8. The number of amides is 10. The molecule has 2 saturated heterocycles. The van der Waals surface area contributed by atoms with E-state index in [0.29, 0.717) is 75.6 Å². The van der Waals surface area contributed by atoms with Gasteiger partial charge in [0.1, 0.15) is 0 Å². The summed E-state index contributed by atoms with van der Waals surface area (Å²) in [7, 11) is 4.71. The van der Waals surface area contributed by atoms with Crippen molar-refractivity contribution >= 4 is 67.8 Å². The summed E-state index contributed by atoms with van der Waals surface area (Å²) in [5, 5.41) is 46.0. The Morgan fingerprint density at radius 1 is 0.360 bits per heavy atom. The summed E-state index contributed by atoms with van der Waals surface area (Å²) in [6, 6.07) is 0. The molecule has 8 unspecified atom stereocenters. The van der Waals surface area contributed by atoms with Crippen LogP contribution >= 0.6 is 0 Å². The number of unbranched alkanes of at least 4 members (excludes halogenated alkanes) is 18. The zero-order valence-corrected chi connectivity index (χ0v) is 52.1. The molecular weight excluding hydrogens is 1160 g/mol. The number of hydrogen-bond acceptors (Lipinski definition) is 20. The van der Waals surface area contributed by atoms with Gasteiger partial charge in [0.2, 0.25) is 0 Å². The molecule has 9 N–H and O–H groups in total. The van der Waals surface area contributed by atoms with Gasteiger partial charge in [0, 0.05) is 52.5 Å². The van der Waals surface area contributed by atoms with Crippen LogP contribution in [0.4, 0.5) is 28.8 Å². The van der Waals surface area contributed by atoms with Gasteiger partial charge < -0.3 is 61.1 Å². The number of fused-ring (bicyclic) bond motifs is 10. The molecule has 0 spiro atoms. The topological polar surface area (TPSA) is 378 Å². The monoisotopic (exact) mass is 1260 g/mol. The van der Waals surface area contributed by atoms with Crippen molar-refractivity contribution in [3.63, 3.8) is 0 Å². The predicted octanol–water partition coefficient (Wildman–Crippen LogP) is 6.82. The van der Waals surface area contributed by atoms with Crippen molar-refractivity contribution in [3.8, 4) is 0 Å². The third-order valence-corrected chi connectivity index (χ3v) is 17.0. The number of aliphatic hydroxyl groups excluding tert-OH is 3. The standard InChI is InChI=1S/C23H37N3O7.C21H40BN4O7.C16H24N2O5/c27-13-7-3-1-5-11-24-22(30)32-14-8-4-2-6-12-25-23(31)33-26-20(28)18-16-9-10-17(15-16)19(18)21(26)29;22-26-33-21(30)25-15-9-3-6-12-18-32-20(29)24-14-8-2-5-11-17-31-19(28)23-13-7-1-4-10-16-27;19-8-4-2-1-3-7-17-16(22)23-18-14(20)12-10-5-6-11(9-10)13(12)15(18)21/h16-19,27H,1-15H2,(H,24,30)(H,25,31);27H,1-18H2,(H,23,28)(H,24,29)(H,25,30);10-13,19H,1-9H2,(H,17,22). The summed E-state index contributed by atoms with van der Waals surface area (Å²) in [4.78, 5) is 133. The second kappa shape index (κ2) is 45.0. The Balaban J connectivity index is 0.000000290. The fourth-order valence-electron chi connectivity index (χ4n) is 12.6. The van der Waals surface area contributed by atoms with Gasteiger partial charge in [-0.05, 0) is 139 Å². The average molecular weight is 1260 g/mol. The normalized spacial score (nSPS) is 21.3. The Bertz CT molecular complexity index is 2130.